The summed E-state index contributed by atoms with van der Waals surface area (Å²) in [6.45, 7) is 4.57. The Hall–Kier alpha value is -2.74. The van der Waals surface area contributed by atoms with E-state index in [1.54, 1.807) is 12.1 Å². The molecule has 0 unspecified atom stereocenters. The number of nitrogens with zero attached hydrogens (tertiary/aromatic N) is 1. The van der Waals surface area contributed by atoms with E-state index in [-0.39, 0.29) is 12.7 Å². The molecule has 2 aromatic carbocycles. The molecule has 3 rings (SSSR count). The number of carbonyl (C=O) groups is 1. The predicted molar refractivity (Wildman–Crippen MR) is 112 cm³/mol. The van der Waals surface area contributed by atoms with Crippen molar-refractivity contribution in [2.24, 2.45) is 4.99 Å². The van der Waals surface area contributed by atoms with Gasteiger partial charge in [0.1, 0.15) is 0 Å². The number of fused-ring (bicyclic) bond motifs is 1. The molecule has 0 atom stereocenters. The number of carbonyl (C=O) groups excluding carboxylic acids is 1. The van der Waals surface area contributed by atoms with E-state index >= 15 is 0 Å². The second-order valence-corrected chi connectivity index (χ2v) is 6.99. The van der Waals surface area contributed by atoms with Crippen LogP contribution in [0, 0.1) is 0 Å². The molecule has 0 bridgehead atoms. The van der Waals surface area contributed by atoms with Crippen molar-refractivity contribution in [2.45, 2.75) is 13.5 Å². The molecule has 0 spiro atoms. The molecule has 1 aliphatic heterocycles. The van der Waals surface area contributed by atoms with Crippen molar-refractivity contribution in [3.05, 3.63) is 58.1 Å². The smallest absolute Gasteiger partial charge is 0.251 e. The average Bonchev–Trinajstić information content (AvgIpc) is 3.17. The molecule has 1 aliphatic rings. The third-order valence-corrected chi connectivity index (χ3v) is 4.48. The van der Waals surface area contributed by atoms with E-state index in [1.807, 2.05) is 37.3 Å². The van der Waals surface area contributed by atoms with Crippen LogP contribution in [0.15, 0.2) is 51.9 Å². The Morgan fingerprint density at radius 2 is 1.89 bits per heavy atom. The van der Waals surface area contributed by atoms with Gasteiger partial charge in [0.25, 0.3) is 5.91 Å². The highest BCUT2D eigenvalue weighted by Crippen LogP contribution is 2.32. The number of hydrogen-bond acceptors (Lipinski definition) is 4. The lowest BCUT2D eigenvalue weighted by molar-refractivity contribution is 0.0954. The lowest BCUT2D eigenvalue weighted by atomic mass is 10.2. The Bertz CT molecular complexity index is 857. The fourth-order valence-corrected chi connectivity index (χ4v) is 3.04. The maximum Gasteiger partial charge on any atom is 0.251 e. The highest BCUT2D eigenvalue weighted by atomic mass is 79.9. The van der Waals surface area contributed by atoms with Gasteiger partial charge < -0.3 is 25.4 Å². The molecule has 0 aliphatic carbocycles. The van der Waals surface area contributed by atoms with Crippen LogP contribution in [0.2, 0.25) is 0 Å². The van der Waals surface area contributed by atoms with Crippen LogP contribution < -0.4 is 25.4 Å². The zero-order valence-electron chi connectivity index (χ0n) is 15.6. The van der Waals surface area contributed by atoms with Gasteiger partial charge in [0.2, 0.25) is 6.79 Å². The number of ether oxygens (including phenoxy) is 2. The summed E-state index contributed by atoms with van der Waals surface area (Å²) in [6.07, 6.45) is 0. The number of rotatable bonds is 7. The van der Waals surface area contributed by atoms with Crippen molar-refractivity contribution >= 4 is 27.8 Å². The number of benzene rings is 2. The Labute approximate surface area is 172 Å². The van der Waals surface area contributed by atoms with Crippen LogP contribution >= 0.6 is 15.9 Å². The van der Waals surface area contributed by atoms with Gasteiger partial charge >= 0.3 is 0 Å². The molecule has 1 heterocycles. The van der Waals surface area contributed by atoms with Crippen molar-refractivity contribution in [3.63, 3.8) is 0 Å². The maximum atomic E-state index is 12.1. The van der Waals surface area contributed by atoms with Crippen LogP contribution in [0.1, 0.15) is 22.8 Å². The number of hydrogen-bond donors (Lipinski definition) is 3. The number of halogens is 1. The molecule has 148 valence electrons. The predicted octanol–water partition coefficient (Wildman–Crippen LogP) is 2.66. The molecule has 8 heteroatoms. The van der Waals surface area contributed by atoms with E-state index in [0.717, 1.165) is 28.1 Å². The molecule has 0 saturated carbocycles. The average molecular weight is 447 g/mol. The van der Waals surface area contributed by atoms with Crippen molar-refractivity contribution in [1.82, 2.24) is 16.0 Å². The van der Waals surface area contributed by atoms with Crippen LogP contribution in [0.3, 0.4) is 0 Å². The molecule has 1 amide bonds. The Balaban J connectivity index is 1.47. The fraction of sp³-hybridized carbons (Fsp3) is 0.300. The first-order valence-electron chi connectivity index (χ1n) is 9.10. The third-order valence-electron chi connectivity index (χ3n) is 3.99. The standard InChI is InChI=1S/C20H23BrN4O3/c1-2-22-20(25-12-14-6-7-17-18(10-14)28-13-27-17)24-9-8-23-19(26)15-4-3-5-16(21)11-15/h3-7,10-11H,2,8-9,12-13H2,1H3,(H,23,26)(H2,22,24,25). The maximum absolute atomic E-state index is 12.1. The van der Waals surface area contributed by atoms with Gasteiger partial charge in [-0.05, 0) is 42.8 Å². The minimum Gasteiger partial charge on any atom is -0.454 e. The first kappa shape index (κ1) is 20.0. The first-order chi connectivity index (χ1) is 13.7. The molecule has 0 aromatic heterocycles. The molecule has 28 heavy (non-hydrogen) atoms. The van der Waals surface area contributed by atoms with Crippen LogP contribution in [0.4, 0.5) is 0 Å². The second kappa shape index (κ2) is 9.98. The molecule has 7 nitrogen and oxygen atoms in total. The minimum atomic E-state index is -0.106. The molecule has 0 fully saturated rings. The quantitative estimate of drug-likeness (QED) is 0.345. The topological polar surface area (TPSA) is 84.0 Å². The van der Waals surface area contributed by atoms with Crippen LogP contribution in [-0.4, -0.2) is 38.3 Å². The van der Waals surface area contributed by atoms with E-state index in [1.165, 1.54) is 0 Å². The van der Waals surface area contributed by atoms with Gasteiger partial charge in [0, 0.05) is 29.7 Å². The number of aliphatic imine (C=N–C) groups is 1. The largest absolute Gasteiger partial charge is 0.454 e. The summed E-state index contributed by atoms with van der Waals surface area (Å²) in [4.78, 5) is 16.7. The SMILES string of the molecule is CCNC(=NCc1ccc2c(c1)OCO2)NCCNC(=O)c1cccc(Br)c1. The van der Waals surface area contributed by atoms with Gasteiger partial charge in [-0.3, -0.25) is 4.79 Å². The van der Waals surface area contributed by atoms with E-state index in [9.17, 15) is 4.79 Å². The molecule has 3 N–H and O–H groups in total. The van der Waals surface area contributed by atoms with Gasteiger partial charge in [-0.1, -0.05) is 28.1 Å². The summed E-state index contributed by atoms with van der Waals surface area (Å²) in [5, 5.41) is 9.31. The Kier molecular flexibility index (Phi) is 7.13. The summed E-state index contributed by atoms with van der Waals surface area (Å²) in [7, 11) is 0. The zero-order valence-corrected chi connectivity index (χ0v) is 17.2. The van der Waals surface area contributed by atoms with Crippen LogP contribution in [0.5, 0.6) is 11.5 Å². The third kappa shape index (κ3) is 5.63. The van der Waals surface area contributed by atoms with Gasteiger partial charge in [-0.25, -0.2) is 4.99 Å². The van der Waals surface area contributed by atoms with E-state index in [4.69, 9.17) is 9.47 Å². The zero-order chi connectivity index (χ0) is 19.8. The number of amides is 1. The summed E-state index contributed by atoms with van der Waals surface area (Å²) in [5.41, 5.74) is 1.65. The van der Waals surface area contributed by atoms with Crippen LogP contribution in [0.25, 0.3) is 0 Å². The lowest BCUT2D eigenvalue weighted by Gasteiger charge is -2.12. The summed E-state index contributed by atoms with van der Waals surface area (Å²) in [5.74, 6) is 2.10. The van der Waals surface area contributed by atoms with Crippen LogP contribution in [-0.2, 0) is 6.54 Å². The normalized spacial score (nSPS) is 12.6. The van der Waals surface area contributed by atoms with Crippen molar-refractivity contribution in [3.8, 4) is 11.5 Å². The Morgan fingerprint density at radius 3 is 2.71 bits per heavy atom. The van der Waals surface area contributed by atoms with Gasteiger partial charge in [-0.15, -0.1) is 0 Å². The minimum absolute atomic E-state index is 0.106. The highest BCUT2D eigenvalue weighted by Gasteiger charge is 2.13. The lowest BCUT2D eigenvalue weighted by Crippen LogP contribution is -2.41. The monoisotopic (exact) mass is 446 g/mol. The van der Waals surface area contributed by atoms with E-state index in [0.29, 0.717) is 31.2 Å². The fourth-order valence-electron chi connectivity index (χ4n) is 2.64. The second-order valence-electron chi connectivity index (χ2n) is 6.08. The molecule has 0 saturated heterocycles. The summed E-state index contributed by atoms with van der Waals surface area (Å²) in [6, 6.07) is 13.1. The highest BCUT2D eigenvalue weighted by molar-refractivity contribution is 9.10. The summed E-state index contributed by atoms with van der Waals surface area (Å²) < 4.78 is 11.6. The van der Waals surface area contributed by atoms with Crippen molar-refractivity contribution in [1.29, 1.82) is 0 Å². The first-order valence-corrected chi connectivity index (χ1v) is 9.89. The van der Waals surface area contributed by atoms with Gasteiger partial charge in [0.15, 0.2) is 17.5 Å². The summed E-state index contributed by atoms with van der Waals surface area (Å²) >= 11 is 3.37. The van der Waals surface area contributed by atoms with Gasteiger partial charge in [-0.2, -0.15) is 0 Å². The van der Waals surface area contributed by atoms with Crippen molar-refractivity contribution in [2.75, 3.05) is 26.4 Å². The molecule has 2 aromatic rings. The Morgan fingerprint density at radius 1 is 1.07 bits per heavy atom. The van der Waals surface area contributed by atoms with Gasteiger partial charge in [0.05, 0.1) is 6.54 Å². The molecule has 0 radical (unpaired) electrons. The van der Waals surface area contributed by atoms with Crippen molar-refractivity contribution < 1.29 is 14.3 Å². The molecular formula is C20H23BrN4O3. The number of guanidine groups is 1. The molecular weight excluding hydrogens is 424 g/mol. The van der Waals surface area contributed by atoms with E-state index < -0.39 is 0 Å². The van der Waals surface area contributed by atoms with E-state index in [2.05, 4.69) is 36.9 Å². The number of nitrogens with one attached hydrogen (secondary N) is 3.